The lowest BCUT2D eigenvalue weighted by Gasteiger charge is -2.12. The summed E-state index contributed by atoms with van der Waals surface area (Å²) in [4.78, 5) is 24.7. The molecule has 0 unspecified atom stereocenters. The van der Waals surface area contributed by atoms with Crippen LogP contribution >= 0.6 is 12.6 Å². The number of cyclic esters (lactones) is 2. The fraction of sp³-hybridized carbons (Fsp3) is 0.294. The van der Waals surface area contributed by atoms with Gasteiger partial charge >= 0.3 is 11.9 Å². The van der Waals surface area contributed by atoms with Crippen molar-refractivity contribution in [2.24, 2.45) is 0 Å². The van der Waals surface area contributed by atoms with E-state index in [4.69, 9.17) is 4.74 Å². The summed E-state index contributed by atoms with van der Waals surface area (Å²) in [6.45, 7) is 9.37. The second-order valence-corrected chi connectivity index (χ2v) is 5.99. The van der Waals surface area contributed by atoms with Crippen LogP contribution in [0.5, 0.6) is 0 Å². The van der Waals surface area contributed by atoms with Gasteiger partial charge in [0.2, 0.25) is 0 Å². The lowest BCUT2D eigenvalue weighted by atomic mass is 9.91. The third-order valence-corrected chi connectivity index (χ3v) is 4.11. The van der Waals surface area contributed by atoms with E-state index in [0.29, 0.717) is 11.1 Å². The largest absolute Gasteiger partial charge is 0.386 e. The molecule has 0 spiro atoms. The summed E-state index contributed by atoms with van der Waals surface area (Å²) in [5, 5.41) is 0. The van der Waals surface area contributed by atoms with Gasteiger partial charge in [0.25, 0.3) is 0 Å². The summed E-state index contributed by atoms with van der Waals surface area (Å²) in [5.74, 6) is -1.14. The molecule has 1 fully saturated rings. The van der Waals surface area contributed by atoms with Gasteiger partial charge in [-0.25, -0.2) is 9.59 Å². The molecule has 21 heavy (non-hydrogen) atoms. The highest BCUT2D eigenvalue weighted by molar-refractivity contribution is 7.80. The quantitative estimate of drug-likeness (QED) is 0.371. The molecule has 0 bridgehead atoms. The Balaban J connectivity index is 2.77. The lowest BCUT2D eigenvalue weighted by molar-refractivity contribution is -0.149. The summed E-state index contributed by atoms with van der Waals surface area (Å²) >= 11 is 4.46. The number of carbonyl (C=O) groups excluding carboxylic acids is 2. The molecular weight excluding hydrogens is 284 g/mol. The Kier molecular flexibility index (Phi) is 4.10. The van der Waals surface area contributed by atoms with Crippen LogP contribution in [0.25, 0.3) is 5.57 Å². The van der Waals surface area contributed by atoms with E-state index < -0.39 is 11.9 Å². The number of thiol groups is 1. The van der Waals surface area contributed by atoms with Gasteiger partial charge in [-0.05, 0) is 62.9 Å². The molecule has 1 saturated heterocycles. The first-order valence-electron chi connectivity index (χ1n) is 6.69. The first kappa shape index (κ1) is 15.6. The molecule has 0 amide bonds. The Morgan fingerprint density at radius 1 is 1.00 bits per heavy atom. The van der Waals surface area contributed by atoms with Gasteiger partial charge < -0.3 is 4.74 Å². The van der Waals surface area contributed by atoms with Crippen molar-refractivity contribution in [3.8, 4) is 0 Å². The topological polar surface area (TPSA) is 43.4 Å². The second-order valence-electron chi connectivity index (χ2n) is 5.51. The van der Waals surface area contributed by atoms with E-state index in [2.05, 4.69) is 12.6 Å². The standard InChI is InChI=1S/C17H18O3S/c1-8(2)14-15(17(19)20-16(14)18)11(5)12-6-9(3)7-13(21)10(12)4/h6-7,21H,1-5H3/b15-11-. The van der Waals surface area contributed by atoms with Crippen molar-refractivity contribution in [3.63, 3.8) is 0 Å². The van der Waals surface area contributed by atoms with Gasteiger partial charge in [0.15, 0.2) is 0 Å². The van der Waals surface area contributed by atoms with Crippen molar-refractivity contribution in [3.05, 3.63) is 45.5 Å². The normalized spacial score (nSPS) is 17.1. The summed E-state index contributed by atoms with van der Waals surface area (Å²) < 4.78 is 4.78. The van der Waals surface area contributed by atoms with Crippen LogP contribution in [-0.2, 0) is 14.3 Å². The molecular formula is C17H18O3S. The van der Waals surface area contributed by atoms with Gasteiger partial charge in [0.1, 0.15) is 0 Å². The highest BCUT2D eigenvalue weighted by Gasteiger charge is 2.36. The van der Waals surface area contributed by atoms with Crippen LogP contribution in [0.1, 0.15) is 37.5 Å². The van der Waals surface area contributed by atoms with Crippen LogP contribution < -0.4 is 0 Å². The van der Waals surface area contributed by atoms with Crippen molar-refractivity contribution in [1.82, 2.24) is 0 Å². The van der Waals surface area contributed by atoms with Crippen LogP contribution in [0, 0.1) is 13.8 Å². The van der Waals surface area contributed by atoms with Crippen LogP contribution in [0.3, 0.4) is 0 Å². The number of hydrogen-bond acceptors (Lipinski definition) is 4. The molecule has 1 aliphatic heterocycles. The van der Waals surface area contributed by atoms with Gasteiger partial charge in [-0.15, -0.1) is 12.6 Å². The average molecular weight is 302 g/mol. The Labute approximate surface area is 130 Å². The van der Waals surface area contributed by atoms with Gasteiger partial charge in [0, 0.05) is 4.90 Å². The fourth-order valence-corrected chi connectivity index (χ4v) is 2.87. The Hall–Kier alpha value is -1.81. The maximum atomic E-state index is 12.0. The van der Waals surface area contributed by atoms with Crippen LogP contribution in [-0.4, -0.2) is 11.9 Å². The molecule has 0 aromatic heterocycles. The summed E-state index contributed by atoms with van der Waals surface area (Å²) in [6.07, 6.45) is 0. The monoisotopic (exact) mass is 302 g/mol. The molecule has 1 aliphatic rings. The smallest absolute Gasteiger partial charge is 0.347 e. The molecule has 0 aliphatic carbocycles. The van der Waals surface area contributed by atoms with Crippen molar-refractivity contribution < 1.29 is 14.3 Å². The Bertz CT molecular complexity index is 720. The molecule has 0 radical (unpaired) electrons. The highest BCUT2D eigenvalue weighted by Crippen LogP contribution is 2.35. The van der Waals surface area contributed by atoms with E-state index in [0.717, 1.165) is 32.7 Å². The number of rotatable bonds is 1. The van der Waals surface area contributed by atoms with Gasteiger partial charge in [-0.2, -0.15) is 0 Å². The predicted molar refractivity (Wildman–Crippen MR) is 85.2 cm³/mol. The highest BCUT2D eigenvalue weighted by atomic mass is 32.1. The van der Waals surface area contributed by atoms with Gasteiger partial charge in [0.05, 0.1) is 11.1 Å². The van der Waals surface area contributed by atoms with E-state index in [1.54, 1.807) is 13.8 Å². The number of ether oxygens (including phenoxy) is 1. The minimum atomic E-state index is -0.574. The first-order valence-corrected chi connectivity index (χ1v) is 7.14. The number of esters is 2. The van der Waals surface area contributed by atoms with Crippen LogP contribution in [0.15, 0.2) is 33.7 Å². The third-order valence-electron chi connectivity index (χ3n) is 3.65. The number of hydrogen-bond donors (Lipinski definition) is 1. The Morgan fingerprint density at radius 3 is 2.14 bits per heavy atom. The van der Waals surface area contributed by atoms with Crippen molar-refractivity contribution in [2.45, 2.75) is 39.5 Å². The number of aryl methyl sites for hydroxylation is 1. The first-order chi connectivity index (χ1) is 9.73. The summed E-state index contributed by atoms with van der Waals surface area (Å²) in [5.41, 5.74) is 5.21. The SMILES string of the molecule is CC(C)=C1C(=O)OC(=O)/C1=C(/C)c1cc(C)cc(S)c1C. The zero-order chi connectivity index (χ0) is 15.9. The van der Waals surface area contributed by atoms with Crippen LogP contribution in [0.4, 0.5) is 0 Å². The number of benzene rings is 1. The average Bonchev–Trinajstić information content (AvgIpc) is 2.67. The predicted octanol–water partition coefficient (Wildman–Crippen LogP) is 3.79. The Morgan fingerprint density at radius 2 is 1.57 bits per heavy atom. The van der Waals surface area contributed by atoms with E-state index >= 15 is 0 Å². The van der Waals surface area contributed by atoms with E-state index in [1.165, 1.54) is 0 Å². The molecule has 4 heteroatoms. The molecule has 1 heterocycles. The van der Waals surface area contributed by atoms with E-state index in [-0.39, 0.29) is 0 Å². The van der Waals surface area contributed by atoms with E-state index in [9.17, 15) is 9.59 Å². The number of carbonyl (C=O) groups is 2. The number of allylic oxidation sites excluding steroid dienone is 2. The molecule has 0 atom stereocenters. The van der Waals surface area contributed by atoms with Crippen molar-refractivity contribution >= 4 is 30.1 Å². The molecule has 3 nitrogen and oxygen atoms in total. The maximum absolute atomic E-state index is 12.0. The zero-order valence-corrected chi connectivity index (χ0v) is 13.7. The van der Waals surface area contributed by atoms with Crippen molar-refractivity contribution in [2.75, 3.05) is 0 Å². The molecule has 1 aromatic carbocycles. The van der Waals surface area contributed by atoms with Gasteiger partial charge in [-0.1, -0.05) is 11.6 Å². The van der Waals surface area contributed by atoms with Crippen molar-refractivity contribution in [1.29, 1.82) is 0 Å². The zero-order valence-electron chi connectivity index (χ0n) is 12.8. The van der Waals surface area contributed by atoms with Gasteiger partial charge in [-0.3, -0.25) is 0 Å². The molecule has 0 N–H and O–H groups in total. The molecule has 110 valence electrons. The van der Waals surface area contributed by atoms with Crippen LogP contribution in [0.2, 0.25) is 0 Å². The van der Waals surface area contributed by atoms with E-state index in [1.807, 2.05) is 32.9 Å². The third kappa shape index (κ3) is 2.68. The second kappa shape index (κ2) is 5.53. The summed E-state index contributed by atoms with van der Waals surface area (Å²) in [6, 6.07) is 3.97. The minimum Gasteiger partial charge on any atom is -0.386 e. The molecule has 1 aromatic rings. The molecule has 0 saturated carbocycles. The summed E-state index contributed by atoms with van der Waals surface area (Å²) in [7, 11) is 0. The minimum absolute atomic E-state index is 0.362. The fourth-order valence-electron chi connectivity index (χ4n) is 2.55. The maximum Gasteiger partial charge on any atom is 0.347 e. The molecule has 2 rings (SSSR count). The lowest BCUT2D eigenvalue weighted by Crippen LogP contribution is -2.01.